The number of nitrogens with one attached hydrogen (secondary N) is 1. The highest BCUT2D eigenvalue weighted by Crippen LogP contribution is 2.09. The van der Waals surface area contributed by atoms with Crippen LogP contribution >= 0.6 is 12.4 Å². The second kappa shape index (κ2) is 10.8. The van der Waals surface area contributed by atoms with Crippen LogP contribution in [0.25, 0.3) is 0 Å². The third-order valence-corrected chi connectivity index (χ3v) is 4.83. The van der Waals surface area contributed by atoms with Crippen LogP contribution in [0, 0.1) is 0 Å². The molecule has 150 valence electrons. The first-order chi connectivity index (χ1) is 13.2. The zero-order chi connectivity index (χ0) is 19.1. The minimum absolute atomic E-state index is 0. The normalized spacial score (nSPS) is 14.2. The van der Waals surface area contributed by atoms with Crippen LogP contribution in [0.2, 0.25) is 0 Å². The monoisotopic (exact) mass is 402 g/mol. The molecule has 0 spiro atoms. The number of hydrogen-bond acceptors (Lipinski definition) is 4. The van der Waals surface area contributed by atoms with Gasteiger partial charge in [0.2, 0.25) is 5.91 Å². The molecule has 3 N–H and O–H groups in total. The topological polar surface area (TPSA) is 78.7 Å². The number of benzene rings is 2. The number of carbonyl (C=O) groups excluding carboxylic acids is 2. The van der Waals surface area contributed by atoms with E-state index in [9.17, 15) is 9.59 Å². The molecule has 2 amide bonds. The molecule has 1 saturated heterocycles. The second-order valence-corrected chi connectivity index (χ2v) is 6.73. The third kappa shape index (κ3) is 6.05. The van der Waals surface area contributed by atoms with Gasteiger partial charge in [-0.2, -0.15) is 0 Å². The highest BCUT2D eigenvalue weighted by atomic mass is 35.5. The maximum Gasteiger partial charge on any atom is 0.251 e. The quantitative estimate of drug-likeness (QED) is 0.770. The van der Waals surface area contributed by atoms with Crippen molar-refractivity contribution in [3.8, 4) is 0 Å². The van der Waals surface area contributed by atoms with Gasteiger partial charge in [-0.05, 0) is 23.3 Å². The van der Waals surface area contributed by atoms with E-state index >= 15 is 0 Å². The standard InChI is InChI=1S/C21H26N4O2.ClH/c22-14-17-6-8-19(9-7-17)21(27)23-15-20(26)25-12-10-24(11-13-25)16-18-4-2-1-3-5-18;/h1-9H,10-16,22H2,(H,23,27);1H. The Balaban J connectivity index is 0.00000280. The van der Waals surface area contributed by atoms with Crippen LogP contribution in [-0.4, -0.2) is 54.3 Å². The molecule has 0 unspecified atom stereocenters. The number of carbonyl (C=O) groups is 2. The summed E-state index contributed by atoms with van der Waals surface area (Å²) in [5.41, 5.74) is 8.34. The fourth-order valence-electron chi connectivity index (χ4n) is 3.16. The molecule has 0 atom stereocenters. The molecular formula is C21H27ClN4O2. The highest BCUT2D eigenvalue weighted by Gasteiger charge is 2.21. The van der Waals surface area contributed by atoms with Crippen molar-refractivity contribution in [2.75, 3.05) is 32.7 Å². The predicted molar refractivity (Wildman–Crippen MR) is 112 cm³/mol. The molecule has 6 nitrogen and oxygen atoms in total. The number of nitrogens with two attached hydrogens (primary N) is 1. The van der Waals surface area contributed by atoms with E-state index in [2.05, 4.69) is 22.3 Å². The van der Waals surface area contributed by atoms with Gasteiger partial charge in [0.15, 0.2) is 0 Å². The summed E-state index contributed by atoms with van der Waals surface area (Å²) in [7, 11) is 0. The largest absolute Gasteiger partial charge is 0.343 e. The fourth-order valence-corrected chi connectivity index (χ4v) is 3.16. The highest BCUT2D eigenvalue weighted by molar-refractivity contribution is 5.96. The van der Waals surface area contributed by atoms with E-state index in [0.717, 1.165) is 25.2 Å². The lowest BCUT2D eigenvalue weighted by Gasteiger charge is -2.34. The zero-order valence-corrected chi connectivity index (χ0v) is 16.7. The van der Waals surface area contributed by atoms with Crippen molar-refractivity contribution in [2.45, 2.75) is 13.1 Å². The zero-order valence-electron chi connectivity index (χ0n) is 15.8. The number of hydrogen-bond donors (Lipinski definition) is 2. The Kier molecular flexibility index (Phi) is 8.44. The first kappa shape index (κ1) is 21.9. The summed E-state index contributed by atoms with van der Waals surface area (Å²) in [5, 5.41) is 2.71. The SMILES string of the molecule is Cl.NCc1ccc(C(=O)NCC(=O)N2CCN(Cc3ccccc3)CC2)cc1. The summed E-state index contributed by atoms with van der Waals surface area (Å²) in [5.74, 6) is -0.282. The molecule has 1 heterocycles. The Hall–Kier alpha value is -2.41. The first-order valence-corrected chi connectivity index (χ1v) is 9.27. The Morgan fingerprint density at radius 1 is 0.893 bits per heavy atom. The van der Waals surface area contributed by atoms with Crippen molar-refractivity contribution in [3.05, 3.63) is 71.3 Å². The molecule has 28 heavy (non-hydrogen) atoms. The van der Waals surface area contributed by atoms with Gasteiger partial charge in [0.1, 0.15) is 0 Å². The molecule has 3 rings (SSSR count). The molecule has 0 aromatic heterocycles. The number of rotatable bonds is 6. The lowest BCUT2D eigenvalue weighted by molar-refractivity contribution is -0.131. The van der Waals surface area contributed by atoms with Gasteiger partial charge in [-0.3, -0.25) is 14.5 Å². The Labute approximate surface area is 172 Å². The Morgan fingerprint density at radius 2 is 1.54 bits per heavy atom. The molecule has 2 aromatic carbocycles. The van der Waals surface area contributed by atoms with E-state index in [1.54, 1.807) is 12.1 Å². The lowest BCUT2D eigenvalue weighted by atomic mass is 10.1. The van der Waals surface area contributed by atoms with E-state index in [0.29, 0.717) is 25.2 Å². The van der Waals surface area contributed by atoms with E-state index in [1.165, 1.54) is 5.56 Å². The minimum atomic E-state index is -0.241. The van der Waals surface area contributed by atoms with Gasteiger partial charge in [0.25, 0.3) is 5.91 Å². The second-order valence-electron chi connectivity index (χ2n) is 6.73. The van der Waals surface area contributed by atoms with Crippen LogP contribution in [0.4, 0.5) is 0 Å². The number of amides is 2. The van der Waals surface area contributed by atoms with Crippen LogP contribution in [0.1, 0.15) is 21.5 Å². The van der Waals surface area contributed by atoms with Gasteiger partial charge in [-0.1, -0.05) is 42.5 Å². The van der Waals surface area contributed by atoms with E-state index in [4.69, 9.17) is 5.73 Å². The van der Waals surface area contributed by atoms with E-state index in [-0.39, 0.29) is 30.8 Å². The van der Waals surface area contributed by atoms with Gasteiger partial charge in [-0.15, -0.1) is 12.4 Å². The van der Waals surface area contributed by atoms with Crippen molar-refractivity contribution < 1.29 is 9.59 Å². The summed E-state index contributed by atoms with van der Waals surface area (Å²) in [6.45, 7) is 4.43. The molecule has 0 radical (unpaired) electrons. The first-order valence-electron chi connectivity index (χ1n) is 9.27. The maximum atomic E-state index is 12.4. The van der Waals surface area contributed by atoms with Crippen molar-refractivity contribution in [2.24, 2.45) is 5.73 Å². The summed E-state index contributed by atoms with van der Waals surface area (Å²) in [4.78, 5) is 28.7. The van der Waals surface area contributed by atoms with Crippen LogP contribution in [0.15, 0.2) is 54.6 Å². The Bertz CT molecular complexity index is 760. The summed E-state index contributed by atoms with van der Waals surface area (Å²) in [6.07, 6.45) is 0. The van der Waals surface area contributed by atoms with Gasteiger partial charge in [-0.25, -0.2) is 0 Å². The van der Waals surface area contributed by atoms with Crippen LogP contribution in [0.3, 0.4) is 0 Å². The molecule has 7 heteroatoms. The van der Waals surface area contributed by atoms with Crippen LogP contribution in [-0.2, 0) is 17.9 Å². The van der Waals surface area contributed by atoms with Gasteiger partial charge >= 0.3 is 0 Å². The van der Waals surface area contributed by atoms with Crippen molar-refractivity contribution >= 4 is 24.2 Å². The van der Waals surface area contributed by atoms with Crippen LogP contribution in [0.5, 0.6) is 0 Å². The maximum absolute atomic E-state index is 12.4. The van der Waals surface area contributed by atoms with Crippen molar-refractivity contribution in [1.29, 1.82) is 0 Å². The molecule has 1 aliphatic rings. The van der Waals surface area contributed by atoms with Gasteiger partial charge < -0.3 is 16.0 Å². The molecule has 2 aromatic rings. The van der Waals surface area contributed by atoms with Crippen molar-refractivity contribution in [3.63, 3.8) is 0 Å². The van der Waals surface area contributed by atoms with Crippen molar-refractivity contribution in [1.82, 2.24) is 15.1 Å². The lowest BCUT2D eigenvalue weighted by Crippen LogP contribution is -2.50. The average molecular weight is 403 g/mol. The number of halogens is 1. The third-order valence-electron chi connectivity index (χ3n) is 4.83. The minimum Gasteiger partial charge on any atom is -0.343 e. The summed E-state index contributed by atoms with van der Waals surface area (Å²) >= 11 is 0. The average Bonchev–Trinajstić information content (AvgIpc) is 2.73. The van der Waals surface area contributed by atoms with E-state index in [1.807, 2.05) is 35.2 Å². The van der Waals surface area contributed by atoms with Gasteiger partial charge in [0, 0.05) is 44.8 Å². The Morgan fingerprint density at radius 3 is 2.14 bits per heavy atom. The summed E-state index contributed by atoms with van der Waals surface area (Å²) in [6, 6.07) is 17.4. The predicted octanol–water partition coefficient (Wildman–Crippen LogP) is 1.64. The molecule has 0 bridgehead atoms. The van der Waals surface area contributed by atoms with Crippen LogP contribution < -0.4 is 11.1 Å². The fraction of sp³-hybridized carbons (Fsp3) is 0.333. The molecule has 1 fully saturated rings. The molecule has 0 saturated carbocycles. The summed E-state index contributed by atoms with van der Waals surface area (Å²) < 4.78 is 0. The molecular weight excluding hydrogens is 376 g/mol. The van der Waals surface area contributed by atoms with Gasteiger partial charge in [0.05, 0.1) is 6.54 Å². The van der Waals surface area contributed by atoms with E-state index < -0.39 is 0 Å². The molecule has 0 aliphatic carbocycles. The molecule has 1 aliphatic heterocycles. The number of nitrogens with zero attached hydrogens (tertiary/aromatic N) is 2. The smallest absolute Gasteiger partial charge is 0.251 e. The number of piperazine rings is 1.